The third kappa shape index (κ3) is 1.73. The monoisotopic (exact) mass is 179 g/mol. The Labute approximate surface area is 74.4 Å². The second-order valence-electron chi connectivity index (χ2n) is 2.51. The molecule has 0 amide bonds. The Morgan fingerprint density at radius 1 is 1.54 bits per heavy atom. The highest BCUT2D eigenvalue weighted by atomic mass is 16.5. The van der Waals surface area contributed by atoms with Crippen molar-refractivity contribution < 1.29 is 4.52 Å². The van der Waals surface area contributed by atoms with Crippen molar-refractivity contribution in [2.75, 3.05) is 0 Å². The van der Waals surface area contributed by atoms with E-state index in [1.165, 1.54) is 0 Å². The molecular weight excluding hydrogens is 170 g/mol. The van der Waals surface area contributed by atoms with E-state index < -0.39 is 0 Å². The van der Waals surface area contributed by atoms with Gasteiger partial charge in [-0.05, 0) is 6.07 Å². The molecule has 13 heavy (non-hydrogen) atoms. The molecule has 6 heteroatoms. The summed E-state index contributed by atoms with van der Waals surface area (Å²) in [7, 11) is 0. The number of aromatic nitrogens is 4. The quantitative estimate of drug-likeness (QED) is 0.703. The highest BCUT2D eigenvalue weighted by Gasteiger charge is 2.04. The molecule has 2 N–H and O–H groups in total. The van der Waals surface area contributed by atoms with Gasteiger partial charge in [0, 0.05) is 12.4 Å². The Morgan fingerprint density at radius 2 is 2.46 bits per heavy atom. The molecule has 0 spiro atoms. The summed E-state index contributed by atoms with van der Waals surface area (Å²) < 4.78 is 6.63. The maximum absolute atomic E-state index is 5.33. The minimum Gasteiger partial charge on any atom is -0.337 e. The van der Waals surface area contributed by atoms with Gasteiger partial charge in [-0.3, -0.25) is 4.68 Å². The summed E-state index contributed by atoms with van der Waals surface area (Å²) in [4.78, 5) is 4.04. The van der Waals surface area contributed by atoms with E-state index in [0.717, 1.165) is 0 Å². The fourth-order valence-corrected chi connectivity index (χ4v) is 0.970. The molecule has 0 fully saturated rings. The lowest BCUT2D eigenvalue weighted by atomic mass is 10.6. The van der Waals surface area contributed by atoms with Gasteiger partial charge in [-0.2, -0.15) is 10.1 Å². The van der Waals surface area contributed by atoms with Crippen LogP contribution in [0, 0.1) is 0 Å². The lowest BCUT2D eigenvalue weighted by molar-refractivity contribution is 0.361. The molecule has 0 atom stereocenters. The molecule has 0 saturated carbocycles. The van der Waals surface area contributed by atoms with Crippen LogP contribution in [-0.4, -0.2) is 19.9 Å². The van der Waals surface area contributed by atoms with Gasteiger partial charge in [0.1, 0.15) is 6.54 Å². The van der Waals surface area contributed by atoms with Crippen LogP contribution in [0.3, 0.4) is 0 Å². The van der Waals surface area contributed by atoms with Crippen molar-refractivity contribution in [1.82, 2.24) is 19.9 Å². The van der Waals surface area contributed by atoms with E-state index in [1.807, 2.05) is 12.3 Å². The van der Waals surface area contributed by atoms with E-state index >= 15 is 0 Å². The highest BCUT2D eigenvalue weighted by Crippen LogP contribution is 1.98. The number of rotatable bonds is 3. The molecule has 0 bridgehead atoms. The second kappa shape index (κ2) is 3.36. The summed E-state index contributed by atoms with van der Waals surface area (Å²) in [6, 6.07) is 1.83. The number of hydrogen-bond donors (Lipinski definition) is 1. The van der Waals surface area contributed by atoms with Crippen LogP contribution in [0.2, 0.25) is 0 Å². The van der Waals surface area contributed by atoms with Gasteiger partial charge in [0.15, 0.2) is 5.82 Å². The molecule has 2 aromatic rings. The number of hydrogen-bond acceptors (Lipinski definition) is 5. The van der Waals surface area contributed by atoms with Crippen molar-refractivity contribution >= 4 is 0 Å². The van der Waals surface area contributed by atoms with Gasteiger partial charge in [0.25, 0.3) is 0 Å². The van der Waals surface area contributed by atoms with Gasteiger partial charge in [0.2, 0.25) is 5.89 Å². The third-order valence-electron chi connectivity index (χ3n) is 1.55. The van der Waals surface area contributed by atoms with Crippen molar-refractivity contribution in [2.45, 2.75) is 13.1 Å². The van der Waals surface area contributed by atoms with Crippen LogP contribution in [0.1, 0.15) is 11.7 Å². The van der Waals surface area contributed by atoms with Gasteiger partial charge in [-0.15, -0.1) is 0 Å². The van der Waals surface area contributed by atoms with Crippen molar-refractivity contribution in [1.29, 1.82) is 0 Å². The summed E-state index contributed by atoms with van der Waals surface area (Å²) in [6.07, 6.45) is 3.52. The Balaban J connectivity index is 2.10. The maximum atomic E-state index is 5.33. The molecule has 2 heterocycles. The van der Waals surface area contributed by atoms with Crippen LogP contribution < -0.4 is 5.73 Å². The third-order valence-corrected chi connectivity index (χ3v) is 1.55. The van der Waals surface area contributed by atoms with Gasteiger partial charge in [-0.25, -0.2) is 0 Å². The summed E-state index contributed by atoms with van der Waals surface area (Å²) >= 11 is 0. The normalized spacial score (nSPS) is 10.5. The topological polar surface area (TPSA) is 82.8 Å². The molecule has 0 aliphatic heterocycles. The van der Waals surface area contributed by atoms with Gasteiger partial charge in [-0.1, -0.05) is 5.16 Å². The van der Waals surface area contributed by atoms with Crippen molar-refractivity contribution in [3.8, 4) is 0 Å². The largest absolute Gasteiger partial charge is 0.337 e. The smallest absolute Gasteiger partial charge is 0.248 e. The maximum Gasteiger partial charge on any atom is 0.248 e. The molecule has 6 nitrogen and oxygen atoms in total. The van der Waals surface area contributed by atoms with E-state index in [2.05, 4.69) is 15.2 Å². The minimum absolute atomic E-state index is 0.294. The standard InChI is InChI=1S/C7H9N5O/c8-4-6-10-7(13-11-6)5-12-3-1-2-9-12/h1-3H,4-5,8H2. The first kappa shape index (κ1) is 7.93. The van der Waals surface area contributed by atoms with Gasteiger partial charge >= 0.3 is 0 Å². The number of nitrogens with zero attached hydrogens (tertiary/aromatic N) is 4. The molecular formula is C7H9N5O. The summed E-state index contributed by atoms with van der Waals surface area (Å²) in [5.74, 6) is 1.03. The zero-order valence-corrected chi connectivity index (χ0v) is 6.92. The van der Waals surface area contributed by atoms with Crippen molar-refractivity contribution in [2.24, 2.45) is 5.73 Å². The minimum atomic E-state index is 0.294. The Hall–Kier alpha value is -1.69. The molecule has 2 aromatic heterocycles. The van der Waals surface area contributed by atoms with Gasteiger partial charge < -0.3 is 10.3 Å². The first-order valence-electron chi connectivity index (χ1n) is 3.87. The van der Waals surface area contributed by atoms with Crippen LogP contribution in [0.5, 0.6) is 0 Å². The molecule has 0 radical (unpaired) electrons. The molecule has 2 rings (SSSR count). The lowest BCUT2D eigenvalue weighted by Gasteiger charge is -1.92. The Kier molecular flexibility index (Phi) is 2.05. The lowest BCUT2D eigenvalue weighted by Crippen LogP contribution is -2.01. The van der Waals surface area contributed by atoms with E-state index in [1.54, 1.807) is 10.9 Å². The zero-order chi connectivity index (χ0) is 9.10. The predicted octanol–water partition coefficient (Wildman–Crippen LogP) is -0.227. The Bertz CT molecular complexity index is 366. The highest BCUT2D eigenvalue weighted by molar-refractivity contribution is 4.87. The summed E-state index contributed by atoms with van der Waals surface area (Å²) in [6.45, 7) is 0.780. The fourth-order valence-electron chi connectivity index (χ4n) is 0.970. The van der Waals surface area contributed by atoms with Crippen LogP contribution in [0.15, 0.2) is 23.0 Å². The summed E-state index contributed by atoms with van der Waals surface area (Å²) in [5.41, 5.74) is 5.33. The van der Waals surface area contributed by atoms with Crippen LogP contribution in [0.25, 0.3) is 0 Å². The Morgan fingerprint density at radius 3 is 3.08 bits per heavy atom. The fraction of sp³-hybridized carbons (Fsp3) is 0.286. The molecule has 0 saturated heterocycles. The van der Waals surface area contributed by atoms with E-state index in [9.17, 15) is 0 Å². The van der Waals surface area contributed by atoms with Gasteiger partial charge in [0.05, 0.1) is 6.54 Å². The van der Waals surface area contributed by atoms with E-state index in [4.69, 9.17) is 10.3 Å². The molecule has 68 valence electrons. The van der Waals surface area contributed by atoms with Crippen molar-refractivity contribution in [3.05, 3.63) is 30.2 Å². The van der Waals surface area contributed by atoms with Crippen LogP contribution in [-0.2, 0) is 13.1 Å². The average molecular weight is 179 g/mol. The van der Waals surface area contributed by atoms with E-state index in [-0.39, 0.29) is 0 Å². The average Bonchev–Trinajstić information content (AvgIpc) is 2.76. The predicted molar refractivity (Wildman–Crippen MR) is 43.5 cm³/mol. The van der Waals surface area contributed by atoms with Crippen molar-refractivity contribution in [3.63, 3.8) is 0 Å². The zero-order valence-electron chi connectivity index (χ0n) is 6.92. The van der Waals surface area contributed by atoms with Crippen LogP contribution >= 0.6 is 0 Å². The van der Waals surface area contributed by atoms with E-state index in [0.29, 0.717) is 24.8 Å². The molecule has 0 aromatic carbocycles. The molecule has 0 aliphatic rings. The van der Waals surface area contributed by atoms with Crippen LogP contribution in [0.4, 0.5) is 0 Å². The SMILES string of the molecule is NCc1noc(Cn2cccn2)n1. The number of nitrogens with two attached hydrogens (primary N) is 1. The molecule has 0 aliphatic carbocycles. The molecule has 0 unspecified atom stereocenters. The summed E-state index contributed by atoms with van der Waals surface area (Å²) in [5, 5.41) is 7.67. The second-order valence-corrected chi connectivity index (χ2v) is 2.51. The first-order chi connectivity index (χ1) is 6.38. The first-order valence-corrected chi connectivity index (χ1v) is 3.87.